The number of carbonyl (C=O) groups is 1. The molecule has 4 rings (SSSR count). The number of nitrogens with zero attached hydrogens (tertiary/aromatic N) is 2. The van der Waals surface area contributed by atoms with E-state index in [-0.39, 0.29) is 17.3 Å². The number of pyridine rings is 1. The van der Waals surface area contributed by atoms with Crippen molar-refractivity contribution in [1.29, 1.82) is 0 Å². The number of nitrogens with one attached hydrogen (secondary N) is 2. The van der Waals surface area contributed by atoms with Crippen LogP contribution in [-0.2, 0) is 0 Å². The lowest BCUT2D eigenvalue weighted by molar-refractivity contribution is 0.102. The van der Waals surface area contributed by atoms with Crippen molar-refractivity contribution >= 4 is 33.4 Å². The van der Waals surface area contributed by atoms with Crippen molar-refractivity contribution in [3.05, 3.63) is 75.9 Å². The molecule has 0 bridgehead atoms. The topological polar surface area (TPSA) is 79.8 Å². The molecule has 0 atom stereocenters. The summed E-state index contributed by atoms with van der Waals surface area (Å²) in [4.78, 5) is 31.6. The van der Waals surface area contributed by atoms with E-state index in [1.54, 1.807) is 23.7 Å². The van der Waals surface area contributed by atoms with Gasteiger partial charge in [0.15, 0.2) is 5.13 Å². The van der Waals surface area contributed by atoms with Crippen molar-refractivity contribution in [3.8, 4) is 5.69 Å². The molecule has 0 radical (unpaired) electrons. The monoisotopic (exact) mass is 354 g/mol. The molecule has 0 aliphatic carbocycles. The van der Waals surface area contributed by atoms with E-state index in [0.717, 1.165) is 0 Å². The number of hydrogen-bond donors (Lipinski definition) is 2. The molecule has 25 heavy (non-hydrogen) atoms. The molecule has 0 aliphatic rings. The summed E-state index contributed by atoms with van der Waals surface area (Å²) >= 11 is 1.31. The number of hydrogen-bond acceptors (Lipinski definition) is 4. The molecule has 8 heteroatoms. The lowest BCUT2D eigenvalue weighted by Gasteiger charge is -2.07. The minimum absolute atomic E-state index is 0.284. The molecule has 0 aliphatic heterocycles. The molecule has 6 nitrogen and oxygen atoms in total. The molecule has 3 aromatic heterocycles. The highest BCUT2D eigenvalue weighted by Crippen LogP contribution is 2.19. The summed E-state index contributed by atoms with van der Waals surface area (Å²) in [6.45, 7) is 0. The normalized spacial score (nSPS) is 10.9. The average molecular weight is 354 g/mol. The van der Waals surface area contributed by atoms with Crippen LogP contribution in [0, 0.1) is 5.82 Å². The first-order valence-electron chi connectivity index (χ1n) is 7.33. The van der Waals surface area contributed by atoms with Gasteiger partial charge in [0.25, 0.3) is 11.5 Å². The van der Waals surface area contributed by atoms with Gasteiger partial charge in [-0.05, 0) is 36.4 Å². The van der Waals surface area contributed by atoms with Crippen molar-refractivity contribution in [1.82, 2.24) is 14.5 Å². The molecule has 0 saturated carbocycles. The van der Waals surface area contributed by atoms with E-state index in [9.17, 15) is 14.0 Å². The van der Waals surface area contributed by atoms with E-state index in [4.69, 9.17) is 0 Å². The van der Waals surface area contributed by atoms with Gasteiger partial charge in [-0.25, -0.2) is 9.37 Å². The molecule has 1 amide bonds. The van der Waals surface area contributed by atoms with Crippen molar-refractivity contribution in [2.24, 2.45) is 0 Å². The average Bonchev–Trinajstić information content (AvgIpc) is 3.25. The number of benzene rings is 1. The van der Waals surface area contributed by atoms with E-state index in [1.165, 1.54) is 46.2 Å². The second kappa shape index (κ2) is 5.99. The lowest BCUT2D eigenvalue weighted by Crippen LogP contribution is -2.17. The zero-order valence-corrected chi connectivity index (χ0v) is 13.5. The summed E-state index contributed by atoms with van der Waals surface area (Å²) in [5, 5.41) is 5.61. The smallest absolute Gasteiger partial charge is 0.273 e. The van der Waals surface area contributed by atoms with Crippen LogP contribution in [0.3, 0.4) is 0 Å². The molecular weight excluding hydrogens is 343 g/mol. The van der Waals surface area contributed by atoms with Gasteiger partial charge < -0.3 is 4.98 Å². The Labute approximate surface area is 144 Å². The SMILES string of the molecule is O=C(Nc1nccs1)c1cc2ccc(=O)n(-c3ccc(F)cc3)c2[nH]1. The van der Waals surface area contributed by atoms with Gasteiger partial charge in [-0.15, -0.1) is 11.3 Å². The molecular formula is C17H11FN4O2S. The predicted octanol–water partition coefficient (Wildman–Crippen LogP) is 3.17. The van der Waals surface area contributed by atoms with Crippen molar-refractivity contribution in [2.45, 2.75) is 0 Å². The first-order chi connectivity index (χ1) is 12.1. The second-order valence-corrected chi connectivity index (χ2v) is 6.16. The summed E-state index contributed by atoms with van der Waals surface area (Å²) < 4.78 is 14.6. The summed E-state index contributed by atoms with van der Waals surface area (Å²) in [6.07, 6.45) is 1.59. The van der Waals surface area contributed by atoms with E-state index >= 15 is 0 Å². The Balaban J connectivity index is 1.80. The quantitative estimate of drug-likeness (QED) is 0.593. The van der Waals surface area contributed by atoms with Crippen LogP contribution in [0.4, 0.5) is 9.52 Å². The number of carbonyl (C=O) groups excluding carboxylic acids is 1. The lowest BCUT2D eigenvalue weighted by atomic mass is 10.2. The summed E-state index contributed by atoms with van der Waals surface area (Å²) in [5.74, 6) is -0.747. The maximum absolute atomic E-state index is 13.2. The van der Waals surface area contributed by atoms with Crippen LogP contribution in [0.1, 0.15) is 10.5 Å². The summed E-state index contributed by atoms with van der Waals surface area (Å²) in [6, 6.07) is 10.3. The van der Waals surface area contributed by atoms with Gasteiger partial charge in [-0.2, -0.15) is 0 Å². The molecule has 2 N–H and O–H groups in total. The van der Waals surface area contributed by atoms with Gasteiger partial charge in [0.05, 0.1) is 5.69 Å². The minimum Gasteiger partial charge on any atom is -0.336 e. The Morgan fingerprint density at radius 1 is 1.20 bits per heavy atom. The number of fused-ring (bicyclic) bond motifs is 1. The number of aromatic nitrogens is 3. The third-order valence-electron chi connectivity index (χ3n) is 3.66. The van der Waals surface area contributed by atoms with Gasteiger partial charge in [0.2, 0.25) is 0 Å². The molecule has 0 unspecified atom stereocenters. The molecule has 4 aromatic rings. The Kier molecular flexibility index (Phi) is 3.66. The third-order valence-corrected chi connectivity index (χ3v) is 4.35. The highest BCUT2D eigenvalue weighted by atomic mass is 32.1. The predicted molar refractivity (Wildman–Crippen MR) is 93.9 cm³/mol. The van der Waals surface area contributed by atoms with E-state index in [2.05, 4.69) is 15.3 Å². The molecule has 3 heterocycles. The van der Waals surface area contributed by atoms with E-state index < -0.39 is 0 Å². The zero-order valence-electron chi connectivity index (χ0n) is 12.7. The number of thiazole rings is 1. The Bertz CT molecular complexity index is 1110. The van der Waals surface area contributed by atoms with Gasteiger partial charge in [-0.3, -0.25) is 19.5 Å². The van der Waals surface area contributed by atoms with Gasteiger partial charge in [0.1, 0.15) is 17.2 Å². The first-order valence-corrected chi connectivity index (χ1v) is 8.21. The summed E-state index contributed by atoms with van der Waals surface area (Å²) in [5.41, 5.74) is 0.980. The van der Waals surface area contributed by atoms with Crippen LogP contribution in [-0.4, -0.2) is 20.4 Å². The fourth-order valence-corrected chi connectivity index (χ4v) is 3.06. The minimum atomic E-state index is -0.390. The number of rotatable bonds is 3. The standard InChI is InChI=1S/C17H11FN4O2S/c18-11-2-4-12(5-3-11)22-14(23)6-1-10-9-13(20-15(10)22)16(24)21-17-19-7-8-25-17/h1-9,20H,(H,19,21,24). The Hall–Kier alpha value is -3.26. The van der Waals surface area contributed by atoms with E-state index in [1.807, 2.05) is 0 Å². The highest BCUT2D eigenvalue weighted by Gasteiger charge is 2.14. The molecule has 0 spiro atoms. The molecule has 124 valence electrons. The Morgan fingerprint density at radius 2 is 2.00 bits per heavy atom. The fraction of sp³-hybridized carbons (Fsp3) is 0. The van der Waals surface area contributed by atoms with E-state index in [0.29, 0.717) is 27.5 Å². The van der Waals surface area contributed by atoms with Gasteiger partial charge >= 0.3 is 0 Å². The molecule has 0 fully saturated rings. The van der Waals surface area contributed by atoms with Crippen LogP contribution < -0.4 is 10.9 Å². The first kappa shape index (κ1) is 15.3. The van der Waals surface area contributed by atoms with Crippen molar-refractivity contribution in [3.63, 3.8) is 0 Å². The maximum Gasteiger partial charge on any atom is 0.273 e. The van der Waals surface area contributed by atoms with Gasteiger partial charge in [-0.1, -0.05) is 0 Å². The molecule has 1 aromatic carbocycles. The number of halogens is 1. The number of aromatic amines is 1. The number of anilines is 1. The number of amides is 1. The van der Waals surface area contributed by atoms with Gasteiger partial charge in [0, 0.05) is 23.0 Å². The van der Waals surface area contributed by atoms with Crippen LogP contribution in [0.25, 0.3) is 16.7 Å². The third kappa shape index (κ3) is 2.83. The summed E-state index contributed by atoms with van der Waals surface area (Å²) in [7, 11) is 0. The fourth-order valence-electron chi connectivity index (χ4n) is 2.54. The number of H-pyrrole nitrogens is 1. The van der Waals surface area contributed by atoms with Crippen LogP contribution in [0.15, 0.2) is 58.8 Å². The second-order valence-electron chi connectivity index (χ2n) is 5.26. The van der Waals surface area contributed by atoms with Crippen LogP contribution >= 0.6 is 11.3 Å². The van der Waals surface area contributed by atoms with Crippen LogP contribution in [0.5, 0.6) is 0 Å². The highest BCUT2D eigenvalue weighted by molar-refractivity contribution is 7.13. The maximum atomic E-state index is 13.2. The largest absolute Gasteiger partial charge is 0.336 e. The van der Waals surface area contributed by atoms with Crippen molar-refractivity contribution in [2.75, 3.05) is 5.32 Å². The van der Waals surface area contributed by atoms with Crippen molar-refractivity contribution < 1.29 is 9.18 Å². The zero-order chi connectivity index (χ0) is 17.4. The Morgan fingerprint density at radius 3 is 2.72 bits per heavy atom. The molecule has 0 saturated heterocycles. The van der Waals surface area contributed by atoms with Crippen LogP contribution in [0.2, 0.25) is 0 Å².